The van der Waals surface area contributed by atoms with Gasteiger partial charge in [-0.05, 0) is 113 Å². The number of hydrogen-bond acceptors (Lipinski definition) is 35. The number of nitro groups is 1. The van der Waals surface area contributed by atoms with E-state index in [0.29, 0.717) is 76.1 Å². The van der Waals surface area contributed by atoms with Gasteiger partial charge in [0, 0.05) is 45.0 Å². The third-order valence-corrected chi connectivity index (χ3v) is 12.9. The van der Waals surface area contributed by atoms with Crippen LogP contribution in [0.5, 0.6) is 11.5 Å². The Kier molecular flexibility index (Phi) is 49.7. The zero-order valence-electron chi connectivity index (χ0n) is 66.3. The first-order valence-electron chi connectivity index (χ1n) is 35.3. The number of rotatable bonds is 47. The van der Waals surface area contributed by atoms with Crippen molar-refractivity contribution in [3.05, 3.63) is 63.7 Å². The molecule has 0 spiro atoms. The van der Waals surface area contributed by atoms with Crippen LogP contribution in [0, 0.1) is 16.0 Å². The van der Waals surface area contributed by atoms with Gasteiger partial charge in [0.15, 0.2) is 12.2 Å². The lowest BCUT2D eigenvalue weighted by Crippen LogP contribution is -2.60. The number of nitrogens with zero attached hydrogens (tertiary/aromatic N) is 3. The number of carbonyl (C=O) groups is 9. The molecule has 3 rings (SSSR count). The molecule has 111 heavy (non-hydrogen) atoms. The molecular weight excluding hydrogens is 1500 g/mol. The number of benzene rings is 2. The largest absolute Gasteiger partial charge is 0.514 e. The van der Waals surface area contributed by atoms with Gasteiger partial charge in [-0.2, -0.15) is 0 Å². The predicted molar refractivity (Wildman–Crippen MR) is 389 cm³/mol. The molecule has 0 saturated carbocycles. The van der Waals surface area contributed by atoms with Crippen molar-refractivity contribution in [3.8, 4) is 11.5 Å². The number of non-ortho nitro benzene ring substituents is 1. The molecule has 2 aromatic carbocycles. The highest BCUT2D eigenvalue weighted by Gasteiger charge is 2.52. The maximum atomic E-state index is 13.8. The molecule has 0 bridgehead atoms. The molecule has 1 aliphatic rings. The van der Waals surface area contributed by atoms with Gasteiger partial charge in [0.25, 0.3) is 11.6 Å². The average molecular weight is 1620 g/mol. The molecule has 3 N–H and O–H groups in total. The molecule has 634 valence electrons. The van der Waals surface area contributed by atoms with E-state index in [-0.39, 0.29) is 133 Å². The van der Waals surface area contributed by atoms with Crippen molar-refractivity contribution in [2.24, 2.45) is 11.7 Å². The lowest BCUT2D eigenvalue weighted by molar-refractivity contribution is -0.384. The molecule has 0 aliphatic carbocycles. The molecule has 1 fully saturated rings. The highest BCUT2D eigenvalue weighted by Crippen LogP contribution is 2.34. The maximum Gasteiger partial charge on any atom is 0.514 e. The van der Waals surface area contributed by atoms with Crippen LogP contribution in [0.15, 0.2) is 42.5 Å². The van der Waals surface area contributed by atoms with Crippen molar-refractivity contribution in [2.45, 2.75) is 157 Å². The monoisotopic (exact) mass is 1620 g/mol. The number of methoxy groups -OCH3 is 1. The Bertz CT molecular complexity index is 3010. The molecule has 1 aliphatic heterocycles. The second-order valence-corrected chi connectivity index (χ2v) is 27.1. The van der Waals surface area contributed by atoms with Crippen molar-refractivity contribution in [3.63, 3.8) is 0 Å². The van der Waals surface area contributed by atoms with Crippen molar-refractivity contribution < 1.29 is 157 Å². The van der Waals surface area contributed by atoms with Crippen LogP contribution in [0.1, 0.15) is 120 Å². The smallest absolute Gasteiger partial charge is 0.467 e. The van der Waals surface area contributed by atoms with E-state index >= 15 is 0 Å². The van der Waals surface area contributed by atoms with E-state index < -0.39 is 119 Å². The third kappa shape index (κ3) is 47.2. The quantitative estimate of drug-likeness (QED) is 0.0161. The van der Waals surface area contributed by atoms with Crippen LogP contribution in [0.3, 0.4) is 0 Å². The minimum Gasteiger partial charge on any atom is -0.467 e. The van der Waals surface area contributed by atoms with Gasteiger partial charge in [0.2, 0.25) is 12.4 Å². The van der Waals surface area contributed by atoms with Crippen LogP contribution in [0.2, 0.25) is 0 Å². The van der Waals surface area contributed by atoms with Crippen molar-refractivity contribution in [2.75, 3.05) is 166 Å². The Morgan fingerprint density at radius 1 is 0.514 bits per heavy atom. The second kappa shape index (κ2) is 54.6. The summed E-state index contributed by atoms with van der Waals surface area (Å²) in [5.74, 6) is -4.17. The summed E-state index contributed by atoms with van der Waals surface area (Å²) in [5, 5.41) is 14.6. The van der Waals surface area contributed by atoms with Gasteiger partial charge in [0.05, 0.1) is 163 Å². The minimum absolute atomic E-state index is 0. The first-order chi connectivity index (χ1) is 51.8. The van der Waals surface area contributed by atoms with Crippen molar-refractivity contribution in [1.29, 1.82) is 0 Å². The number of halogens is 1. The minimum atomic E-state index is -1.63. The van der Waals surface area contributed by atoms with Gasteiger partial charge < -0.3 is 111 Å². The molecule has 1 heterocycles. The summed E-state index contributed by atoms with van der Waals surface area (Å²) in [6.45, 7) is 29.8. The molecule has 5 amide bonds. The normalized spacial score (nSPS) is 15.5. The maximum absolute atomic E-state index is 13.8. The molecular formula is C71H114ClN5O34. The molecule has 1 saturated heterocycles. The first kappa shape index (κ1) is 101. The van der Waals surface area contributed by atoms with E-state index in [0.717, 1.165) is 33.1 Å². The highest BCUT2D eigenvalue weighted by molar-refractivity contribution is 5.97. The molecule has 0 aromatic heterocycles. The number of nitrogens with one attached hydrogen (secondary N) is 1. The fourth-order valence-electron chi connectivity index (χ4n) is 8.44. The summed E-state index contributed by atoms with van der Waals surface area (Å²) in [4.78, 5) is 134. The first-order valence-corrected chi connectivity index (χ1v) is 35.3. The van der Waals surface area contributed by atoms with E-state index in [2.05, 4.69) is 5.32 Å². The lowest BCUT2D eigenvalue weighted by atomic mass is 9.90. The Hall–Kier alpha value is -8.00. The molecule has 2 aromatic rings. The summed E-state index contributed by atoms with van der Waals surface area (Å²) < 4.78 is 113. The fourth-order valence-corrected chi connectivity index (χ4v) is 8.44. The van der Waals surface area contributed by atoms with Crippen LogP contribution in [-0.2, 0) is 121 Å². The Morgan fingerprint density at radius 3 is 1.23 bits per heavy atom. The van der Waals surface area contributed by atoms with E-state index in [1.165, 1.54) is 37.3 Å². The van der Waals surface area contributed by atoms with Gasteiger partial charge >= 0.3 is 48.4 Å². The Labute approximate surface area is 652 Å². The zero-order chi connectivity index (χ0) is 82.3. The highest BCUT2D eigenvalue weighted by atomic mass is 35.5. The number of amides is 5. The Morgan fingerprint density at radius 2 is 0.874 bits per heavy atom. The number of carbonyl (C=O) groups excluding carboxylic acids is 9. The summed E-state index contributed by atoms with van der Waals surface area (Å²) in [6.07, 6.45) is -10.8. The summed E-state index contributed by atoms with van der Waals surface area (Å²) in [7, 11) is 1.12. The standard InChI is InChI=1S/C49H69N3O24.C22H44N2O10.ClH/c1-31-39(70-32(2)53)41(71-33(3)54)44(74-40(31)43(56)62-10)73-38-16-11-34(30-68-47(59)72-36-14-12-35(13-15-36)52(60)61)29-37(38)42(55)50-17-18-63-19-20-64-21-22-65-23-24-66-25-26-67-27-28-69-51(45(57)75-48(4,5)6)46(58)76-49(7,8)9;1-21(2,3)33-19(25)24(20(26)34-22(4,5)6)32-18-17-31-16-15-30-14-13-29-12-11-28-10-9-27-8-7-23;/h11-16,29,31,39-41,44H,17-28,30H2,1-10H3,(H,50,55);7-18,23H2,1-6H3;1H/t31-,39?,40-,41+,44+;;/m0../s1. The van der Waals surface area contributed by atoms with E-state index in [9.17, 15) is 53.3 Å². The fraction of sp³-hybridized carbons (Fsp3) is 0.704. The number of ether oxygens (including phenoxy) is 21. The van der Waals surface area contributed by atoms with Crippen LogP contribution < -0.4 is 20.5 Å². The van der Waals surface area contributed by atoms with Crippen LogP contribution in [-0.4, -0.2) is 282 Å². The number of nitro benzene ring substituents is 1. The number of hydroxylamine groups is 4. The van der Waals surface area contributed by atoms with E-state index in [1.807, 2.05) is 0 Å². The summed E-state index contributed by atoms with van der Waals surface area (Å²) in [6, 6.07) is 8.79. The molecule has 1 unspecified atom stereocenters. The van der Waals surface area contributed by atoms with Crippen LogP contribution in [0.25, 0.3) is 0 Å². The van der Waals surface area contributed by atoms with E-state index in [1.54, 1.807) is 83.1 Å². The number of hydrogen-bond donors (Lipinski definition) is 2. The number of nitrogens with two attached hydrogens (primary N) is 1. The van der Waals surface area contributed by atoms with Gasteiger partial charge in [-0.3, -0.25) is 34.2 Å². The zero-order valence-corrected chi connectivity index (χ0v) is 67.1. The predicted octanol–water partition coefficient (Wildman–Crippen LogP) is 7.56. The lowest BCUT2D eigenvalue weighted by Gasteiger charge is -2.42. The number of imide groups is 2. The molecule has 5 atom stereocenters. The summed E-state index contributed by atoms with van der Waals surface area (Å²) >= 11 is 0. The average Bonchev–Trinajstić information content (AvgIpc) is 0.778. The SMILES string of the molecule is CC(C)(C)OC(=O)N(OCCOCCOCCOCCOCCOCCN)C(=O)OC(C)(C)C.COC(=O)[C@H]1O[C@@H](Oc2ccc(COC(=O)Oc3ccc([N+](=O)[O-])cc3)cc2C(=O)NCCOCCOCCOCCOCCOCCON(C(=O)OC(C)(C)C)C(=O)OC(C)(C)C)[C@H](OC(C)=O)C(OC(C)=O)[C@@H]1C.Cl. The second-order valence-electron chi connectivity index (χ2n) is 27.1. The number of esters is 3. The molecule has 40 heteroatoms. The topological polar surface area (TPSA) is 454 Å². The van der Waals surface area contributed by atoms with Crippen molar-refractivity contribution >= 4 is 72.4 Å². The summed E-state index contributed by atoms with van der Waals surface area (Å²) in [5.41, 5.74) is 1.87. The third-order valence-electron chi connectivity index (χ3n) is 12.9. The van der Waals surface area contributed by atoms with Crippen molar-refractivity contribution in [1.82, 2.24) is 15.4 Å². The molecule has 39 nitrogen and oxygen atoms in total. The van der Waals surface area contributed by atoms with Gasteiger partial charge in [-0.25, -0.2) is 28.8 Å². The molecule has 0 radical (unpaired) electrons. The van der Waals surface area contributed by atoms with Gasteiger partial charge in [0.1, 0.15) is 40.5 Å². The van der Waals surface area contributed by atoms with Crippen LogP contribution in [0.4, 0.5) is 29.7 Å². The van der Waals surface area contributed by atoms with Gasteiger partial charge in [-0.15, -0.1) is 12.4 Å². The van der Waals surface area contributed by atoms with Crippen LogP contribution >= 0.6 is 12.4 Å². The Balaban J connectivity index is 0.00000147. The van der Waals surface area contributed by atoms with Gasteiger partial charge in [-0.1, -0.05) is 23.1 Å². The van der Waals surface area contributed by atoms with E-state index in [4.69, 9.17) is 115 Å².